The molecular formula is C19H23BN4O4. The summed E-state index contributed by atoms with van der Waals surface area (Å²) in [7, 11) is -1.65. The second kappa shape index (κ2) is 9.43. The van der Waals surface area contributed by atoms with Gasteiger partial charge in [-0.3, -0.25) is 14.6 Å². The van der Waals surface area contributed by atoms with E-state index in [1.54, 1.807) is 0 Å². The molecule has 1 aromatic carbocycles. The average Bonchev–Trinajstić information content (AvgIpc) is 3.52. The highest BCUT2D eigenvalue weighted by Gasteiger charge is 2.34. The Morgan fingerprint density at radius 1 is 1.14 bits per heavy atom. The van der Waals surface area contributed by atoms with Gasteiger partial charge >= 0.3 is 7.12 Å². The number of nitrogens with zero attached hydrogens (tertiary/aromatic N) is 2. The van der Waals surface area contributed by atoms with Crippen LogP contribution in [0.5, 0.6) is 0 Å². The van der Waals surface area contributed by atoms with Crippen molar-refractivity contribution in [1.82, 2.24) is 20.6 Å². The van der Waals surface area contributed by atoms with Crippen molar-refractivity contribution in [1.29, 1.82) is 0 Å². The highest BCUT2D eigenvalue weighted by Crippen LogP contribution is 2.33. The summed E-state index contributed by atoms with van der Waals surface area (Å²) in [5.74, 6) is -1.37. The molecule has 1 aliphatic rings. The van der Waals surface area contributed by atoms with E-state index in [-0.39, 0.29) is 12.1 Å². The van der Waals surface area contributed by atoms with E-state index >= 15 is 0 Å². The Balaban J connectivity index is 1.72. The maximum Gasteiger partial charge on any atom is 0.475 e. The van der Waals surface area contributed by atoms with E-state index in [0.717, 1.165) is 18.4 Å². The molecule has 0 bridgehead atoms. The Hall–Kier alpha value is -2.78. The van der Waals surface area contributed by atoms with Gasteiger partial charge in [0.2, 0.25) is 5.91 Å². The molecule has 1 aromatic heterocycles. The van der Waals surface area contributed by atoms with Gasteiger partial charge in [-0.15, -0.1) is 0 Å². The number of aromatic nitrogens is 2. The fraction of sp³-hybridized carbons (Fsp3) is 0.368. The molecular weight excluding hydrogens is 359 g/mol. The van der Waals surface area contributed by atoms with Crippen molar-refractivity contribution in [2.45, 2.75) is 37.7 Å². The van der Waals surface area contributed by atoms with Gasteiger partial charge < -0.3 is 20.7 Å². The number of benzene rings is 1. The molecule has 2 amide bonds. The summed E-state index contributed by atoms with van der Waals surface area (Å²) < 4.78 is 0. The van der Waals surface area contributed by atoms with Gasteiger partial charge in [-0.05, 0) is 17.9 Å². The lowest BCUT2D eigenvalue weighted by molar-refractivity contribution is -0.123. The van der Waals surface area contributed by atoms with E-state index in [9.17, 15) is 19.6 Å². The maximum atomic E-state index is 12.8. The fourth-order valence-corrected chi connectivity index (χ4v) is 2.96. The molecule has 0 saturated heterocycles. The van der Waals surface area contributed by atoms with Gasteiger partial charge in [0.05, 0.1) is 12.1 Å². The molecule has 0 unspecified atom stereocenters. The number of carbonyl (C=O) groups excluding carboxylic acids is 2. The van der Waals surface area contributed by atoms with Crippen LogP contribution in [0.15, 0.2) is 48.9 Å². The Morgan fingerprint density at radius 2 is 1.89 bits per heavy atom. The van der Waals surface area contributed by atoms with Crippen LogP contribution in [0.25, 0.3) is 0 Å². The number of hydrogen-bond donors (Lipinski definition) is 4. The van der Waals surface area contributed by atoms with Crippen molar-refractivity contribution in [3.63, 3.8) is 0 Å². The molecule has 0 radical (unpaired) electrons. The number of rotatable bonds is 9. The molecule has 2 atom stereocenters. The van der Waals surface area contributed by atoms with Crippen molar-refractivity contribution in [2.24, 2.45) is 5.92 Å². The normalized spacial score (nSPS) is 15.4. The highest BCUT2D eigenvalue weighted by atomic mass is 16.4. The predicted octanol–water partition coefficient (Wildman–Crippen LogP) is 0.115. The molecule has 0 aliphatic heterocycles. The van der Waals surface area contributed by atoms with Crippen LogP contribution in [0.3, 0.4) is 0 Å². The third-order valence-corrected chi connectivity index (χ3v) is 4.67. The minimum atomic E-state index is -1.65. The maximum absolute atomic E-state index is 12.8. The standard InChI is InChI=1S/C19H23BN4O4/c25-18(24-17(20(27)28)11-14-6-7-14)15(10-13-4-2-1-3-5-13)23-19(26)16-12-21-8-9-22-16/h1-5,8-9,12,14-15,17,27-28H,6-7,10-11H2,(H,23,26)(H,24,25)/t15-,17-/m0/s1. The van der Waals surface area contributed by atoms with Crippen molar-refractivity contribution in [3.8, 4) is 0 Å². The van der Waals surface area contributed by atoms with Crippen LogP contribution < -0.4 is 10.6 Å². The number of amides is 2. The summed E-state index contributed by atoms with van der Waals surface area (Å²) in [6, 6.07) is 8.39. The van der Waals surface area contributed by atoms with Gasteiger partial charge in [-0.25, -0.2) is 4.98 Å². The van der Waals surface area contributed by atoms with E-state index in [4.69, 9.17) is 0 Å². The zero-order valence-electron chi connectivity index (χ0n) is 15.4. The molecule has 2 aromatic rings. The summed E-state index contributed by atoms with van der Waals surface area (Å²) in [6.07, 6.45) is 6.98. The third kappa shape index (κ3) is 5.87. The van der Waals surface area contributed by atoms with Crippen LogP contribution >= 0.6 is 0 Å². The Kier molecular flexibility index (Phi) is 6.73. The molecule has 4 N–H and O–H groups in total. The zero-order valence-corrected chi connectivity index (χ0v) is 15.4. The monoisotopic (exact) mass is 382 g/mol. The summed E-state index contributed by atoms with van der Waals surface area (Å²) >= 11 is 0. The second-order valence-electron chi connectivity index (χ2n) is 7.01. The summed E-state index contributed by atoms with van der Waals surface area (Å²) in [6.45, 7) is 0. The minimum absolute atomic E-state index is 0.102. The Morgan fingerprint density at radius 3 is 2.50 bits per heavy atom. The predicted molar refractivity (Wildman–Crippen MR) is 103 cm³/mol. The summed E-state index contributed by atoms with van der Waals surface area (Å²) in [4.78, 5) is 33.1. The molecule has 28 heavy (non-hydrogen) atoms. The van der Waals surface area contributed by atoms with Crippen molar-refractivity contribution < 1.29 is 19.6 Å². The van der Waals surface area contributed by atoms with Crippen LogP contribution in [-0.2, 0) is 11.2 Å². The van der Waals surface area contributed by atoms with Crippen LogP contribution in [0.1, 0.15) is 35.3 Å². The smallest absolute Gasteiger partial charge is 0.426 e. The largest absolute Gasteiger partial charge is 0.475 e. The molecule has 1 fully saturated rings. The summed E-state index contributed by atoms with van der Waals surface area (Å²) in [5, 5.41) is 24.6. The second-order valence-corrected chi connectivity index (χ2v) is 7.01. The van der Waals surface area contributed by atoms with Crippen LogP contribution in [0, 0.1) is 5.92 Å². The fourth-order valence-electron chi connectivity index (χ4n) is 2.96. The van der Waals surface area contributed by atoms with E-state index in [2.05, 4.69) is 20.6 Å². The lowest BCUT2D eigenvalue weighted by Gasteiger charge is -2.23. The number of nitrogens with one attached hydrogen (secondary N) is 2. The van der Waals surface area contributed by atoms with Gasteiger partial charge in [0.25, 0.3) is 5.91 Å². The molecule has 9 heteroatoms. The number of carbonyl (C=O) groups is 2. The van der Waals surface area contributed by atoms with Gasteiger partial charge in [0, 0.05) is 18.8 Å². The molecule has 8 nitrogen and oxygen atoms in total. The zero-order chi connectivity index (χ0) is 19.9. The molecule has 1 heterocycles. The molecule has 0 spiro atoms. The first kappa shape index (κ1) is 20.0. The summed E-state index contributed by atoms with van der Waals surface area (Å²) in [5.41, 5.74) is 0.968. The van der Waals surface area contributed by atoms with Gasteiger partial charge in [-0.2, -0.15) is 0 Å². The first-order chi connectivity index (χ1) is 13.5. The molecule has 3 rings (SSSR count). The number of hydrogen-bond acceptors (Lipinski definition) is 6. The average molecular weight is 382 g/mol. The lowest BCUT2D eigenvalue weighted by atomic mass is 9.76. The van der Waals surface area contributed by atoms with Crippen LogP contribution in [0.2, 0.25) is 0 Å². The molecule has 1 aliphatic carbocycles. The van der Waals surface area contributed by atoms with Crippen LogP contribution in [0.4, 0.5) is 0 Å². The van der Waals surface area contributed by atoms with E-state index in [1.807, 2.05) is 30.3 Å². The highest BCUT2D eigenvalue weighted by molar-refractivity contribution is 6.43. The first-order valence-electron chi connectivity index (χ1n) is 9.30. The molecule has 1 saturated carbocycles. The van der Waals surface area contributed by atoms with Crippen molar-refractivity contribution >= 4 is 18.9 Å². The van der Waals surface area contributed by atoms with Crippen molar-refractivity contribution in [3.05, 3.63) is 60.2 Å². The van der Waals surface area contributed by atoms with E-state index in [1.165, 1.54) is 18.6 Å². The van der Waals surface area contributed by atoms with Gasteiger partial charge in [0.1, 0.15) is 11.7 Å². The Labute approximate surface area is 163 Å². The van der Waals surface area contributed by atoms with Crippen LogP contribution in [-0.4, -0.2) is 50.9 Å². The van der Waals surface area contributed by atoms with Crippen molar-refractivity contribution in [2.75, 3.05) is 0 Å². The van der Waals surface area contributed by atoms with Gasteiger partial charge in [-0.1, -0.05) is 43.2 Å². The third-order valence-electron chi connectivity index (χ3n) is 4.67. The molecule has 146 valence electrons. The first-order valence-corrected chi connectivity index (χ1v) is 9.30. The topological polar surface area (TPSA) is 124 Å². The Bertz CT molecular complexity index is 787. The quantitative estimate of drug-likeness (QED) is 0.457. The SMILES string of the molecule is O=C(N[C@@H](Cc1ccccc1)C(=O)N[C@@H](CC1CC1)B(O)O)c1cnccn1. The minimum Gasteiger partial charge on any atom is -0.426 e. The lowest BCUT2D eigenvalue weighted by Crippen LogP contribution is -2.54. The van der Waals surface area contributed by atoms with E-state index in [0.29, 0.717) is 12.3 Å². The van der Waals surface area contributed by atoms with E-state index < -0.39 is 30.9 Å². The van der Waals surface area contributed by atoms with Gasteiger partial charge in [0.15, 0.2) is 0 Å².